The van der Waals surface area contributed by atoms with Gasteiger partial charge in [-0.3, -0.25) is 14.4 Å². The summed E-state index contributed by atoms with van der Waals surface area (Å²) in [6.07, 6.45) is 1.85. The molecule has 13 nitrogen and oxygen atoms in total. The maximum Gasteiger partial charge on any atom is 0.407 e. The lowest BCUT2D eigenvalue weighted by Crippen LogP contribution is -2.63. The fourth-order valence-corrected chi connectivity index (χ4v) is 6.32. The molecule has 0 bridgehead atoms. The van der Waals surface area contributed by atoms with Crippen molar-refractivity contribution in [1.82, 2.24) is 20.7 Å². The molecule has 0 heterocycles. The van der Waals surface area contributed by atoms with Gasteiger partial charge in [0, 0.05) is 19.5 Å². The quantitative estimate of drug-likeness (QED) is 0.0583. The second-order valence-electron chi connectivity index (χ2n) is 12.6. The first kappa shape index (κ1) is 41.5. The molecule has 0 saturated heterocycles. The lowest BCUT2D eigenvalue weighted by atomic mass is 9.88. The molecule has 6 N–H and O–H groups in total. The number of carbonyl (C=O) groups excluding carboxylic acids is 5. The SMILES string of the molecule is CC(=O)[C@@](N)(CCCCNS(=O)(=O)c1ccc(C)cc1)C(=O)N[C@@H](Cc1ccccc1)C(=O)N[C@H](C=O)CCCCNC(=O)OCc1ccccc1. The van der Waals surface area contributed by atoms with Gasteiger partial charge in [-0.25, -0.2) is 17.9 Å². The summed E-state index contributed by atoms with van der Waals surface area (Å²) < 4.78 is 32.9. The molecule has 0 spiro atoms. The van der Waals surface area contributed by atoms with Gasteiger partial charge in [0.2, 0.25) is 21.8 Å². The molecule has 0 aliphatic carbocycles. The van der Waals surface area contributed by atoms with Crippen LogP contribution in [0.1, 0.15) is 62.1 Å². The van der Waals surface area contributed by atoms with E-state index in [4.69, 9.17) is 10.5 Å². The van der Waals surface area contributed by atoms with E-state index < -0.39 is 51.3 Å². The number of unbranched alkanes of at least 4 members (excludes halogenated alkanes) is 2. The Balaban J connectivity index is 1.53. The highest BCUT2D eigenvalue weighted by molar-refractivity contribution is 7.89. The molecule has 0 aliphatic rings. The van der Waals surface area contributed by atoms with Gasteiger partial charge in [0.25, 0.3) is 0 Å². The zero-order valence-electron chi connectivity index (χ0n) is 29.6. The van der Waals surface area contributed by atoms with Crippen LogP contribution in [0.25, 0.3) is 0 Å². The summed E-state index contributed by atoms with van der Waals surface area (Å²) in [5, 5.41) is 7.97. The van der Waals surface area contributed by atoms with Crippen LogP contribution in [0.15, 0.2) is 89.8 Å². The van der Waals surface area contributed by atoms with E-state index in [1.54, 1.807) is 42.5 Å². The van der Waals surface area contributed by atoms with Gasteiger partial charge in [0.1, 0.15) is 18.9 Å². The van der Waals surface area contributed by atoms with Crippen LogP contribution in [0.3, 0.4) is 0 Å². The number of benzene rings is 3. The minimum atomic E-state index is -3.74. The minimum Gasteiger partial charge on any atom is -0.445 e. The predicted octanol–water partition coefficient (Wildman–Crippen LogP) is 3.24. The highest BCUT2D eigenvalue weighted by atomic mass is 32.2. The molecule has 0 fully saturated rings. The molecule has 0 saturated carbocycles. The van der Waals surface area contributed by atoms with E-state index in [2.05, 4.69) is 20.7 Å². The number of hydrogen-bond acceptors (Lipinski definition) is 9. The van der Waals surface area contributed by atoms with Gasteiger partial charge in [0.05, 0.1) is 10.9 Å². The Morgan fingerprint density at radius 2 is 1.44 bits per heavy atom. The van der Waals surface area contributed by atoms with Crippen molar-refractivity contribution in [2.75, 3.05) is 13.1 Å². The third kappa shape index (κ3) is 13.7. The van der Waals surface area contributed by atoms with Crippen LogP contribution in [-0.2, 0) is 47.0 Å². The fourth-order valence-electron chi connectivity index (χ4n) is 5.24. The van der Waals surface area contributed by atoms with Gasteiger partial charge in [0.15, 0.2) is 11.3 Å². The Morgan fingerprint density at radius 3 is 2.06 bits per heavy atom. The summed E-state index contributed by atoms with van der Waals surface area (Å²) in [4.78, 5) is 63.8. The number of nitrogens with one attached hydrogen (secondary N) is 4. The number of ketones is 1. The van der Waals surface area contributed by atoms with Crippen molar-refractivity contribution in [3.05, 3.63) is 102 Å². The number of Topliss-reactive ketones (excluding diaryl/α,β-unsaturated/α-hetero) is 1. The molecule has 3 rings (SSSR count). The third-order valence-corrected chi connectivity index (χ3v) is 9.95. The van der Waals surface area contributed by atoms with Gasteiger partial charge in [-0.2, -0.15) is 0 Å². The first-order valence-corrected chi connectivity index (χ1v) is 18.7. The monoisotopic (exact) mass is 735 g/mol. The predicted molar refractivity (Wildman–Crippen MR) is 196 cm³/mol. The second-order valence-corrected chi connectivity index (χ2v) is 14.4. The van der Waals surface area contributed by atoms with Crippen LogP contribution in [0.5, 0.6) is 0 Å². The number of alkyl carbamates (subject to hydrolysis) is 1. The minimum absolute atomic E-state index is 0.0618. The molecule has 3 atom stereocenters. The van der Waals surface area contributed by atoms with Crippen LogP contribution >= 0.6 is 0 Å². The number of hydrogen-bond donors (Lipinski definition) is 5. The number of aldehydes is 1. The summed E-state index contributed by atoms with van der Waals surface area (Å²) in [6, 6.07) is 22.6. The number of sulfonamides is 1. The number of carbonyl (C=O) groups is 5. The molecule has 14 heteroatoms. The molecule has 0 aliphatic heterocycles. The van der Waals surface area contributed by atoms with Gasteiger partial charge >= 0.3 is 6.09 Å². The molecule has 3 aromatic rings. The van der Waals surface area contributed by atoms with Crippen molar-refractivity contribution in [3.8, 4) is 0 Å². The molecule has 0 aromatic heterocycles. The largest absolute Gasteiger partial charge is 0.445 e. The zero-order valence-corrected chi connectivity index (χ0v) is 30.5. The highest BCUT2D eigenvalue weighted by Crippen LogP contribution is 2.16. The summed E-state index contributed by atoms with van der Waals surface area (Å²) in [5.41, 5.74) is 6.89. The van der Waals surface area contributed by atoms with Crippen molar-refractivity contribution in [2.24, 2.45) is 5.73 Å². The molecule has 280 valence electrons. The highest BCUT2D eigenvalue weighted by Gasteiger charge is 2.40. The topological polar surface area (TPSA) is 203 Å². The number of nitrogens with two attached hydrogens (primary N) is 1. The van der Waals surface area contributed by atoms with E-state index in [9.17, 15) is 32.4 Å². The van der Waals surface area contributed by atoms with E-state index in [-0.39, 0.29) is 43.7 Å². The van der Waals surface area contributed by atoms with Crippen molar-refractivity contribution in [1.29, 1.82) is 0 Å². The Bertz CT molecular complexity index is 1720. The van der Waals surface area contributed by atoms with Crippen LogP contribution in [0.2, 0.25) is 0 Å². The maximum atomic E-state index is 13.6. The van der Waals surface area contributed by atoms with Crippen LogP contribution < -0.4 is 26.4 Å². The average Bonchev–Trinajstić information content (AvgIpc) is 3.13. The number of aryl methyl sites for hydroxylation is 1. The second kappa shape index (κ2) is 20.8. The third-order valence-electron chi connectivity index (χ3n) is 8.48. The van der Waals surface area contributed by atoms with Gasteiger partial charge in [-0.05, 0) is 75.6 Å². The van der Waals surface area contributed by atoms with Crippen LogP contribution in [0, 0.1) is 6.92 Å². The van der Waals surface area contributed by atoms with Crippen LogP contribution in [0.4, 0.5) is 4.79 Å². The number of rotatable bonds is 22. The molecule has 3 aromatic carbocycles. The normalized spacial score (nSPS) is 13.5. The number of amides is 3. The smallest absolute Gasteiger partial charge is 0.407 e. The zero-order chi connectivity index (χ0) is 38.0. The Labute approximate surface area is 305 Å². The summed E-state index contributed by atoms with van der Waals surface area (Å²) in [5.74, 6) is -2.11. The maximum absolute atomic E-state index is 13.6. The summed E-state index contributed by atoms with van der Waals surface area (Å²) >= 11 is 0. The average molecular weight is 736 g/mol. The van der Waals surface area contributed by atoms with Gasteiger partial charge < -0.3 is 31.2 Å². The van der Waals surface area contributed by atoms with E-state index >= 15 is 0 Å². The van der Waals surface area contributed by atoms with E-state index in [0.29, 0.717) is 32.1 Å². The van der Waals surface area contributed by atoms with Crippen molar-refractivity contribution in [3.63, 3.8) is 0 Å². The van der Waals surface area contributed by atoms with Gasteiger partial charge in [-0.1, -0.05) is 78.4 Å². The standard InChI is InChI=1S/C38H49N5O8S/c1-28-18-20-33(21-19-28)52(49,50)41-24-12-10-22-38(39,29(2)45)36(47)43-34(25-30-13-5-3-6-14-30)35(46)42-32(26-44)17-9-11-23-40-37(48)51-27-31-15-7-4-8-16-31/h3-8,13-16,18-21,26,32,34,41H,9-12,17,22-25,27,39H2,1-2H3,(H,40,48)(H,42,46)(H,43,47)/t32-,34-,38-/m0/s1. The van der Waals surface area contributed by atoms with E-state index in [1.807, 2.05) is 37.3 Å². The van der Waals surface area contributed by atoms with E-state index in [0.717, 1.165) is 16.7 Å². The molecule has 0 unspecified atom stereocenters. The lowest BCUT2D eigenvalue weighted by Gasteiger charge is -2.29. The fraction of sp³-hybridized carbons (Fsp3) is 0.395. The van der Waals surface area contributed by atoms with Crippen molar-refractivity contribution >= 4 is 40.0 Å². The lowest BCUT2D eigenvalue weighted by molar-refractivity contribution is -0.138. The summed E-state index contributed by atoms with van der Waals surface area (Å²) in [7, 11) is -3.74. The Hall–Kier alpha value is -4.92. The van der Waals surface area contributed by atoms with Gasteiger partial charge in [-0.15, -0.1) is 0 Å². The van der Waals surface area contributed by atoms with Crippen molar-refractivity contribution in [2.45, 2.75) is 87.9 Å². The molecular formula is C38H49N5O8S. The Morgan fingerprint density at radius 1 is 0.827 bits per heavy atom. The Kier molecular flexibility index (Phi) is 16.6. The first-order valence-electron chi connectivity index (χ1n) is 17.3. The van der Waals surface area contributed by atoms with Crippen molar-refractivity contribution < 1.29 is 37.1 Å². The van der Waals surface area contributed by atoms with E-state index in [1.165, 1.54) is 19.1 Å². The number of ether oxygens (including phenoxy) is 1. The molecular weight excluding hydrogens is 687 g/mol. The van der Waals surface area contributed by atoms with Crippen LogP contribution in [-0.4, -0.2) is 69.1 Å². The first-order chi connectivity index (χ1) is 24.8. The molecule has 0 radical (unpaired) electrons. The molecule has 52 heavy (non-hydrogen) atoms. The summed E-state index contributed by atoms with van der Waals surface area (Å²) in [6.45, 7) is 3.55. The molecule has 3 amide bonds.